The van der Waals surface area contributed by atoms with E-state index in [0.717, 1.165) is 5.66 Å². The topological polar surface area (TPSA) is 0 Å². The monoisotopic (exact) mass is 300 g/mol. The predicted octanol–water partition coefficient (Wildman–Crippen LogP) is 7.51. The molecule has 0 aromatic heterocycles. The van der Waals surface area contributed by atoms with E-state index in [9.17, 15) is 0 Å². The third-order valence-electron chi connectivity index (χ3n) is 4.36. The van der Waals surface area contributed by atoms with Crippen molar-refractivity contribution in [2.75, 3.05) is 0 Å². The molecule has 0 saturated carbocycles. The maximum Gasteiger partial charge on any atom is -0.0264 e. The van der Waals surface area contributed by atoms with Gasteiger partial charge in [-0.15, -0.1) is 9.24 Å². The van der Waals surface area contributed by atoms with Crippen LogP contribution in [-0.2, 0) is 0 Å². The van der Waals surface area contributed by atoms with Gasteiger partial charge in [0.25, 0.3) is 0 Å². The van der Waals surface area contributed by atoms with Gasteiger partial charge in [0.05, 0.1) is 0 Å². The molecule has 122 valence electrons. The Kier molecular flexibility index (Phi) is 17.9. The Morgan fingerprint density at radius 3 is 1.15 bits per heavy atom. The first-order valence-corrected chi connectivity index (χ1v) is 10.2. The van der Waals surface area contributed by atoms with Gasteiger partial charge in [0, 0.05) is 0 Å². The van der Waals surface area contributed by atoms with E-state index in [0.29, 0.717) is 0 Å². The van der Waals surface area contributed by atoms with Crippen LogP contribution in [0.3, 0.4) is 0 Å². The minimum atomic E-state index is 0.890. The number of hydrogen-bond donors (Lipinski definition) is 0. The van der Waals surface area contributed by atoms with E-state index >= 15 is 0 Å². The Labute approximate surface area is 132 Å². The summed E-state index contributed by atoms with van der Waals surface area (Å²) in [5.41, 5.74) is 0.890. The van der Waals surface area contributed by atoms with E-state index in [1.165, 1.54) is 103 Å². The highest BCUT2D eigenvalue weighted by atomic mass is 31.0. The van der Waals surface area contributed by atoms with Crippen LogP contribution in [0.5, 0.6) is 0 Å². The highest BCUT2D eigenvalue weighted by Gasteiger charge is 2.02. The molecule has 0 nitrogen and oxygen atoms in total. The molecule has 1 atom stereocenters. The quantitative estimate of drug-likeness (QED) is 0.204. The van der Waals surface area contributed by atoms with Crippen LogP contribution >= 0.6 is 9.24 Å². The van der Waals surface area contributed by atoms with E-state index in [1.54, 1.807) is 0 Å². The summed E-state index contributed by atoms with van der Waals surface area (Å²) in [7, 11) is 3.09. The Hall–Kier alpha value is 0.430. The summed E-state index contributed by atoms with van der Waals surface area (Å²) in [4.78, 5) is 0. The molecule has 0 rings (SSSR count). The number of rotatable bonds is 16. The number of unbranched alkanes of at least 4 members (excludes halogenated alkanes) is 12. The summed E-state index contributed by atoms with van der Waals surface area (Å²) < 4.78 is 0. The lowest BCUT2D eigenvalue weighted by atomic mass is 10.0. The highest BCUT2D eigenvalue weighted by molar-refractivity contribution is 7.17. The van der Waals surface area contributed by atoms with Crippen LogP contribution in [0.4, 0.5) is 0 Å². The van der Waals surface area contributed by atoms with Crippen molar-refractivity contribution in [2.24, 2.45) is 0 Å². The third kappa shape index (κ3) is 16.5. The molecule has 0 aliphatic rings. The van der Waals surface area contributed by atoms with Crippen molar-refractivity contribution in [1.82, 2.24) is 0 Å². The fourth-order valence-corrected chi connectivity index (χ4v) is 3.34. The Balaban J connectivity index is 3.11. The largest absolute Gasteiger partial charge is 0.134 e. The van der Waals surface area contributed by atoms with Gasteiger partial charge < -0.3 is 0 Å². The Morgan fingerprint density at radius 2 is 0.800 bits per heavy atom. The van der Waals surface area contributed by atoms with Crippen LogP contribution in [0.1, 0.15) is 117 Å². The fraction of sp³-hybridized carbons (Fsp3) is 1.00. The van der Waals surface area contributed by atoms with Crippen molar-refractivity contribution in [2.45, 2.75) is 122 Å². The summed E-state index contributed by atoms with van der Waals surface area (Å²) in [6.45, 7) is 4.59. The predicted molar refractivity (Wildman–Crippen MR) is 98.7 cm³/mol. The maximum absolute atomic E-state index is 3.09. The van der Waals surface area contributed by atoms with Gasteiger partial charge in [0.15, 0.2) is 0 Å². The summed E-state index contributed by atoms with van der Waals surface area (Å²) >= 11 is 0. The molecule has 0 spiro atoms. The summed E-state index contributed by atoms with van der Waals surface area (Å²) in [6, 6.07) is 0. The fourth-order valence-electron chi connectivity index (χ4n) is 2.87. The van der Waals surface area contributed by atoms with Gasteiger partial charge in [-0.2, -0.15) is 0 Å². The third-order valence-corrected chi connectivity index (χ3v) is 5.02. The number of hydrogen-bond acceptors (Lipinski definition) is 0. The van der Waals surface area contributed by atoms with Crippen molar-refractivity contribution < 1.29 is 0 Å². The molecule has 0 radical (unpaired) electrons. The van der Waals surface area contributed by atoms with Gasteiger partial charge in [0.1, 0.15) is 0 Å². The molecule has 0 bridgehead atoms. The second kappa shape index (κ2) is 17.5. The lowest BCUT2D eigenvalue weighted by molar-refractivity contribution is 0.535. The van der Waals surface area contributed by atoms with E-state index < -0.39 is 0 Å². The maximum atomic E-state index is 3.09. The van der Waals surface area contributed by atoms with Crippen molar-refractivity contribution in [3.63, 3.8) is 0 Å². The standard InChI is InChI=1S/C19H41P/c1-3-5-7-9-11-13-15-17-19(20)18-16-14-12-10-8-6-4-2/h19H,3-18,20H2,1-2H3. The van der Waals surface area contributed by atoms with Gasteiger partial charge in [-0.1, -0.05) is 104 Å². The zero-order chi connectivity index (χ0) is 14.9. The second-order valence-electron chi connectivity index (χ2n) is 6.58. The van der Waals surface area contributed by atoms with Crippen molar-refractivity contribution in [3.8, 4) is 0 Å². The van der Waals surface area contributed by atoms with Crippen LogP contribution in [0.25, 0.3) is 0 Å². The molecule has 1 heteroatoms. The normalized spacial score (nSPS) is 11.4. The molecule has 0 aromatic rings. The lowest BCUT2D eigenvalue weighted by Crippen LogP contribution is -1.97. The molecular weight excluding hydrogens is 259 g/mol. The smallest absolute Gasteiger partial charge is 0.0264 e. The molecule has 0 aromatic carbocycles. The van der Waals surface area contributed by atoms with Crippen LogP contribution in [0, 0.1) is 0 Å². The van der Waals surface area contributed by atoms with Gasteiger partial charge in [-0.05, 0) is 18.5 Å². The summed E-state index contributed by atoms with van der Waals surface area (Å²) in [5.74, 6) is 0. The van der Waals surface area contributed by atoms with Crippen LogP contribution < -0.4 is 0 Å². The molecule has 0 aliphatic heterocycles. The minimum Gasteiger partial charge on any atom is -0.134 e. The Morgan fingerprint density at radius 1 is 0.500 bits per heavy atom. The van der Waals surface area contributed by atoms with E-state index in [2.05, 4.69) is 23.1 Å². The van der Waals surface area contributed by atoms with E-state index in [4.69, 9.17) is 0 Å². The molecule has 0 amide bonds. The first-order valence-electron chi connectivity index (χ1n) is 9.56. The molecular formula is C19H41P. The molecule has 0 heterocycles. The highest BCUT2D eigenvalue weighted by Crippen LogP contribution is 2.19. The first kappa shape index (κ1) is 20.4. The van der Waals surface area contributed by atoms with Gasteiger partial charge in [-0.25, -0.2) is 0 Å². The minimum absolute atomic E-state index is 0.890. The van der Waals surface area contributed by atoms with Crippen molar-refractivity contribution in [3.05, 3.63) is 0 Å². The molecule has 0 fully saturated rings. The average molecular weight is 301 g/mol. The molecule has 1 unspecified atom stereocenters. The van der Waals surface area contributed by atoms with Gasteiger partial charge in [0.2, 0.25) is 0 Å². The summed E-state index contributed by atoms with van der Waals surface area (Å²) in [5, 5.41) is 0. The van der Waals surface area contributed by atoms with Gasteiger partial charge in [-0.3, -0.25) is 0 Å². The summed E-state index contributed by atoms with van der Waals surface area (Å²) in [6.07, 6.45) is 23.1. The SMILES string of the molecule is CCCCCCCCCC(P)CCCCCCCCC. The van der Waals surface area contributed by atoms with Crippen LogP contribution in [0.15, 0.2) is 0 Å². The van der Waals surface area contributed by atoms with Crippen molar-refractivity contribution >= 4 is 9.24 Å². The molecule has 0 N–H and O–H groups in total. The lowest BCUT2D eigenvalue weighted by Gasteiger charge is -2.11. The molecule has 0 saturated heterocycles. The van der Waals surface area contributed by atoms with Crippen molar-refractivity contribution in [1.29, 1.82) is 0 Å². The van der Waals surface area contributed by atoms with Crippen LogP contribution in [-0.4, -0.2) is 5.66 Å². The molecule has 0 aliphatic carbocycles. The average Bonchev–Trinajstić information content (AvgIpc) is 2.45. The van der Waals surface area contributed by atoms with Crippen LogP contribution in [0.2, 0.25) is 0 Å². The van der Waals surface area contributed by atoms with E-state index in [-0.39, 0.29) is 0 Å². The van der Waals surface area contributed by atoms with Gasteiger partial charge >= 0.3 is 0 Å². The zero-order valence-corrected chi connectivity index (χ0v) is 15.6. The zero-order valence-electron chi connectivity index (χ0n) is 14.5. The first-order chi connectivity index (χ1) is 9.81. The Bertz CT molecular complexity index is 149. The second-order valence-corrected chi connectivity index (χ2v) is 7.52. The molecule has 20 heavy (non-hydrogen) atoms. The van der Waals surface area contributed by atoms with E-state index in [1.807, 2.05) is 0 Å².